The van der Waals surface area contributed by atoms with E-state index >= 15 is 0 Å². The molecule has 60 radical (unpaired) electrons. The second-order valence-corrected chi connectivity index (χ2v) is 19.9. The Balaban J connectivity index is 1.46. The number of hydrogen-bond donors (Lipinski definition) is 0. The van der Waals surface area contributed by atoms with Gasteiger partial charge in [-0.2, -0.15) is 0 Å². The van der Waals surface area contributed by atoms with Crippen LogP contribution in [0.25, 0.3) is 109 Å². The molecule has 0 atom stereocenters. The van der Waals surface area contributed by atoms with E-state index in [4.69, 9.17) is 240 Å². The smallest absolute Gasteiger partial charge is 0.128 e. The largest absolute Gasteiger partial charge is 0.457 e. The van der Waals surface area contributed by atoms with Gasteiger partial charge in [0, 0.05) is 10.8 Å². The molecule has 0 fully saturated rings. The molecule has 81 heavy (non-hydrogen) atoms. The van der Waals surface area contributed by atoms with Crippen molar-refractivity contribution in [1.82, 2.24) is 0 Å². The standard InChI is InChI=1S/C50B30O/c51-19-13(30(62)31(63)16-14(19)32(64)43(75)45(77)34(16)66)11-10-9(28(60)41(73)42(74)29(10)61)7(21(53)22(11)54)1-3-5(25(57)39(71)37(69)23(3)55)2(6-4(1)24(56)38(70)40(72)26(6)58)8-12-18-20(52)15-17(35(67)46(78)44(76)33(15)65)36(68)50(18)81-49(12)48(80)47(79)27(8)59. The van der Waals surface area contributed by atoms with Gasteiger partial charge in [-0.3, -0.25) is 0 Å². The predicted molar refractivity (Wildman–Crippen MR) is 379 cm³/mol. The van der Waals surface area contributed by atoms with Gasteiger partial charge in [0.05, 0.1) is 0 Å². The van der Waals surface area contributed by atoms with E-state index in [1.807, 2.05) is 0 Å². The summed E-state index contributed by atoms with van der Waals surface area (Å²) in [5.41, 5.74) is -6.04. The summed E-state index contributed by atoms with van der Waals surface area (Å²) in [4.78, 5) is 0. The SMILES string of the molecule is [B]c1c([B])c(-c2c3c([B])c([B])c([B])c([B])c3c(-c3c([B])c([B])c(-c4c([B])c([B])c5c([B])c([B])c([B])c([B])c5c4[B])c4c([B])c([B])c([B])c([B])c34)c3c([B])c([B])c([B])c([B])c23)c2c(oc3c([B])c4c([B])c([B])c([B])c([B])c4c([B])c32)c1[B]. The average molecular weight is 941 g/mol. The van der Waals surface area contributed by atoms with Gasteiger partial charge in [-0.25, -0.2) is 0 Å². The van der Waals surface area contributed by atoms with E-state index in [-0.39, 0.29) is 273 Å². The maximum absolute atomic E-state index is 7.45. The van der Waals surface area contributed by atoms with Crippen LogP contribution in [0.15, 0.2) is 4.42 Å². The van der Waals surface area contributed by atoms with Crippen molar-refractivity contribution >= 4 is 475 Å². The van der Waals surface area contributed by atoms with E-state index in [0.717, 1.165) is 0 Å². The number of hydrogen-bond acceptors (Lipinski definition) is 1. The Kier molecular flexibility index (Phi) is 13.9. The molecule has 296 valence electrons. The van der Waals surface area contributed by atoms with Gasteiger partial charge in [-0.05, 0) is 92.7 Å². The van der Waals surface area contributed by atoms with Crippen molar-refractivity contribution in [1.29, 1.82) is 0 Å². The van der Waals surface area contributed by atoms with Gasteiger partial charge in [-0.15, -0.1) is 60.1 Å². The summed E-state index contributed by atoms with van der Waals surface area (Å²) in [5.74, 6) is 0. The molecule has 1 aromatic heterocycles. The van der Waals surface area contributed by atoms with Crippen molar-refractivity contribution in [3.05, 3.63) is 0 Å². The third-order valence-corrected chi connectivity index (χ3v) is 16.0. The fraction of sp³-hybridized carbons (Fsp3) is 0. The first-order chi connectivity index (χ1) is 37.8. The molecule has 1 heterocycles. The van der Waals surface area contributed by atoms with Crippen LogP contribution in [0.4, 0.5) is 0 Å². The van der Waals surface area contributed by atoms with Crippen LogP contribution >= 0.6 is 0 Å². The molecule has 0 spiro atoms. The second-order valence-electron chi connectivity index (χ2n) is 19.9. The molecule has 10 aromatic carbocycles. The van der Waals surface area contributed by atoms with Crippen molar-refractivity contribution in [2.75, 3.05) is 0 Å². The summed E-state index contributed by atoms with van der Waals surface area (Å²) in [5, 5.41) is 0.0112. The highest BCUT2D eigenvalue weighted by Gasteiger charge is 2.33. The molecule has 0 saturated heterocycles. The number of fused-ring (bicyclic) bond motifs is 8. The van der Waals surface area contributed by atoms with E-state index < -0.39 is 0 Å². The van der Waals surface area contributed by atoms with Crippen molar-refractivity contribution in [3.63, 3.8) is 0 Å². The molecular formula is C50B30O. The van der Waals surface area contributed by atoms with Crippen LogP contribution in [-0.4, -0.2) is 235 Å². The van der Waals surface area contributed by atoms with Crippen molar-refractivity contribution in [2.45, 2.75) is 0 Å². The lowest BCUT2D eigenvalue weighted by Crippen LogP contribution is -2.53. The van der Waals surface area contributed by atoms with Gasteiger partial charge in [0.1, 0.15) is 247 Å². The lowest BCUT2D eigenvalue weighted by molar-refractivity contribution is 0.675. The molecule has 0 aliphatic rings. The molecule has 11 rings (SSSR count). The summed E-state index contributed by atoms with van der Waals surface area (Å²) in [7, 11) is 206. The number of furan rings is 1. The maximum atomic E-state index is 7.45. The molecule has 0 bridgehead atoms. The van der Waals surface area contributed by atoms with Gasteiger partial charge in [0.25, 0.3) is 0 Å². The molecule has 1 nitrogen and oxygen atoms in total. The lowest BCUT2D eigenvalue weighted by atomic mass is 9.55. The predicted octanol–water partition coefficient (Wildman–Crippen LogP) is -21.8. The zero-order valence-corrected chi connectivity index (χ0v) is 42.7. The Morgan fingerprint density at radius 2 is 0.309 bits per heavy atom. The molecule has 31 heteroatoms. The highest BCUT2D eigenvalue weighted by molar-refractivity contribution is 6.78. The molecule has 0 aliphatic heterocycles. The van der Waals surface area contributed by atoms with Crippen LogP contribution in [0.5, 0.6) is 0 Å². The Labute approximate surface area is 509 Å². The van der Waals surface area contributed by atoms with Crippen LogP contribution in [0.1, 0.15) is 0 Å². The number of benzene rings is 10. The number of rotatable bonds is 3. The highest BCUT2D eigenvalue weighted by atomic mass is 16.3. The minimum Gasteiger partial charge on any atom is -0.457 e. The van der Waals surface area contributed by atoms with E-state index in [0.29, 0.717) is 0 Å². The molecule has 11 aromatic rings. The van der Waals surface area contributed by atoms with Gasteiger partial charge in [0.15, 0.2) is 0 Å². The zero-order chi connectivity index (χ0) is 59.6. The molecular weight excluding hydrogens is 941 g/mol. The Bertz CT molecular complexity index is 4850. The first-order valence-electron chi connectivity index (χ1n) is 23.8. The van der Waals surface area contributed by atoms with Gasteiger partial charge < -0.3 is 4.42 Å². The topological polar surface area (TPSA) is 13.1 Å². The summed E-state index contributed by atoms with van der Waals surface area (Å²) >= 11 is 0. The molecule has 0 aliphatic carbocycles. The van der Waals surface area contributed by atoms with Crippen LogP contribution < -0.4 is 164 Å². The minimum atomic E-state index is -0.307. The van der Waals surface area contributed by atoms with E-state index in [9.17, 15) is 0 Å². The molecule has 0 N–H and O–H groups in total. The fourth-order valence-electron chi connectivity index (χ4n) is 11.8. The summed E-state index contributed by atoms with van der Waals surface area (Å²) in [6.07, 6.45) is 0. The van der Waals surface area contributed by atoms with Crippen LogP contribution in [-0.2, 0) is 0 Å². The molecule has 0 saturated carbocycles. The monoisotopic (exact) mass is 946 g/mol. The maximum Gasteiger partial charge on any atom is 0.128 e. The van der Waals surface area contributed by atoms with Crippen LogP contribution in [0.2, 0.25) is 0 Å². The Morgan fingerprint density at radius 1 is 0.111 bits per heavy atom. The van der Waals surface area contributed by atoms with Crippen LogP contribution in [0, 0.1) is 0 Å². The van der Waals surface area contributed by atoms with Crippen molar-refractivity contribution in [2.24, 2.45) is 0 Å². The first kappa shape index (κ1) is 58.0. The Morgan fingerprint density at radius 3 is 0.654 bits per heavy atom. The normalized spacial score (nSPS) is 12.0. The second kappa shape index (κ2) is 19.4. The minimum absolute atomic E-state index is 0.0394. The van der Waals surface area contributed by atoms with Gasteiger partial charge >= 0.3 is 0 Å². The average Bonchev–Trinajstić information content (AvgIpc) is 4.06. The lowest BCUT2D eigenvalue weighted by Gasteiger charge is -2.33. The summed E-state index contributed by atoms with van der Waals surface area (Å²) < 4.78 is 6.55. The summed E-state index contributed by atoms with van der Waals surface area (Å²) in [6.45, 7) is 0. The van der Waals surface area contributed by atoms with Crippen LogP contribution in [0.3, 0.4) is 0 Å². The zero-order valence-electron chi connectivity index (χ0n) is 42.7. The van der Waals surface area contributed by atoms with Gasteiger partial charge in [-0.1, -0.05) is 98.3 Å². The third kappa shape index (κ3) is 7.30. The van der Waals surface area contributed by atoms with Gasteiger partial charge in [0.2, 0.25) is 0 Å². The third-order valence-electron chi connectivity index (χ3n) is 16.0. The van der Waals surface area contributed by atoms with Crippen molar-refractivity contribution in [3.8, 4) is 33.4 Å². The quantitative estimate of drug-likeness (QED) is 0.127. The first-order valence-corrected chi connectivity index (χ1v) is 23.8. The highest BCUT2D eigenvalue weighted by Crippen LogP contribution is 2.44. The van der Waals surface area contributed by atoms with E-state index in [1.165, 1.54) is 0 Å². The van der Waals surface area contributed by atoms with E-state index in [1.54, 1.807) is 0 Å². The summed E-state index contributed by atoms with van der Waals surface area (Å²) in [6, 6.07) is 0. The van der Waals surface area contributed by atoms with E-state index in [2.05, 4.69) is 0 Å². The Hall–Kier alpha value is -4.75. The fourth-order valence-corrected chi connectivity index (χ4v) is 11.8. The molecule has 0 amide bonds. The van der Waals surface area contributed by atoms with Crippen molar-refractivity contribution < 1.29 is 4.42 Å². The molecule has 0 unspecified atom stereocenters.